The molecule has 0 spiro atoms. The molecule has 1 unspecified atom stereocenters. The SMILES string of the molecule is CCc1ccccc1N(CON=C1CCCC1)C(=O)C(Cl)CC. The van der Waals surface area contributed by atoms with Gasteiger partial charge in [-0.2, -0.15) is 0 Å². The second kappa shape index (κ2) is 8.92. The molecule has 1 aromatic carbocycles. The number of alkyl halides is 1. The Morgan fingerprint density at radius 3 is 2.65 bits per heavy atom. The molecule has 0 bridgehead atoms. The molecule has 0 N–H and O–H groups in total. The molecule has 0 radical (unpaired) electrons. The minimum atomic E-state index is -0.553. The zero-order valence-electron chi connectivity index (χ0n) is 13.9. The van der Waals surface area contributed by atoms with Crippen molar-refractivity contribution in [2.24, 2.45) is 5.16 Å². The van der Waals surface area contributed by atoms with Crippen molar-refractivity contribution in [1.82, 2.24) is 0 Å². The van der Waals surface area contributed by atoms with E-state index in [1.807, 2.05) is 31.2 Å². The monoisotopic (exact) mass is 336 g/mol. The van der Waals surface area contributed by atoms with E-state index in [-0.39, 0.29) is 12.6 Å². The third-order valence-corrected chi connectivity index (χ3v) is 4.61. The second-order valence-electron chi connectivity index (χ2n) is 5.75. The topological polar surface area (TPSA) is 41.9 Å². The highest BCUT2D eigenvalue weighted by Gasteiger charge is 2.24. The first-order valence-corrected chi connectivity index (χ1v) is 8.82. The van der Waals surface area contributed by atoms with Crippen LogP contribution in [0.25, 0.3) is 0 Å². The molecule has 1 fully saturated rings. The third kappa shape index (κ3) is 4.71. The van der Waals surface area contributed by atoms with Crippen molar-refractivity contribution in [1.29, 1.82) is 0 Å². The number of benzene rings is 1. The van der Waals surface area contributed by atoms with Crippen molar-refractivity contribution < 1.29 is 9.63 Å². The van der Waals surface area contributed by atoms with E-state index < -0.39 is 5.38 Å². The highest BCUT2D eigenvalue weighted by atomic mass is 35.5. The third-order valence-electron chi connectivity index (χ3n) is 4.12. The van der Waals surface area contributed by atoms with Crippen molar-refractivity contribution >= 4 is 28.9 Å². The van der Waals surface area contributed by atoms with Crippen LogP contribution >= 0.6 is 11.6 Å². The van der Waals surface area contributed by atoms with E-state index in [4.69, 9.17) is 16.4 Å². The van der Waals surface area contributed by atoms with Crippen LogP contribution in [0, 0.1) is 0 Å². The summed E-state index contributed by atoms with van der Waals surface area (Å²) in [6, 6.07) is 7.85. The second-order valence-corrected chi connectivity index (χ2v) is 6.27. The van der Waals surface area contributed by atoms with Gasteiger partial charge in [-0.1, -0.05) is 37.2 Å². The van der Waals surface area contributed by atoms with E-state index in [1.54, 1.807) is 4.90 Å². The normalized spacial score (nSPS) is 15.3. The van der Waals surface area contributed by atoms with E-state index in [0.717, 1.165) is 36.2 Å². The number of nitrogens with zero attached hydrogens (tertiary/aromatic N) is 2. The summed E-state index contributed by atoms with van der Waals surface area (Å²) >= 11 is 6.18. The van der Waals surface area contributed by atoms with Crippen LogP contribution in [0.3, 0.4) is 0 Å². The van der Waals surface area contributed by atoms with Crippen LogP contribution in [-0.2, 0) is 16.1 Å². The Morgan fingerprint density at radius 1 is 1.30 bits per heavy atom. The van der Waals surface area contributed by atoms with Gasteiger partial charge in [-0.15, -0.1) is 11.6 Å². The summed E-state index contributed by atoms with van der Waals surface area (Å²) in [4.78, 5) is 19.7. The largest absolute Gasteiger partial charge is 0.373 e. The Balaban J connectivity index is 2.17. The molecule has 0 aliphatic heterocycles. The van der Waals surface area contributed by atoms with Crippen molar-refractivity contribution in [2.45, 2.75) is 57.7 Å². The van der Waals surface area contributed by atoms with Gasteiger partial charge in [0.2, 0.25) is 5.91 Å². The maximum Gasteiger partial charge on any atom is 0.247 e. The van der Waals surface area contributed by atoms with E-state index in [2.05, 4.69) is 12.1 Å². The fourth-order valence-electron chi connectivity index (χ4n) is 2.72. The summed E-state index contributed by atoms with van der Waals surface area (Å²) < 4.78 is 0. The number of aryl methyl sites for hydroxylation is 1. The van der Waals surface area contributed by atoms with Crippen molar-refractivity contribution in [3.8, 4) is 0 Å². The minimum Gasteiger partial charge on any atom is -0.373 e. The van der Waals surface area contributed by atoms with Gasteiger partial charge in [0, 0.05) is 0 Å². The molecule has 1 saturated carbocycles. The Labute approximate surface area is 143 Å². The lowest BCUT2D eigenvalue weighted by Crippen LogP contribution is -2.38. The number of oxime groups is 1. The van der Waals surface area contributed by atoms with Crippen molar-refractivity contribution in [3.05, 3.63) is 29.8 Å². The van der Waals surface area contributed by atoms with Gasteiger partial charge in [0.1, 0.15) is 5.38 Å². The van der Waals surface area contributed by atoms with Gasteiger partial charge in [-0.25, -0.2) is 0 Å². The van der Waals surface area contributed by atoms with E-state index >= 15 is 0 Å². The number of para-hydroxylation sites is 1. The molecule has 5 heteroatoms. The van der Waals surface area contributed by atoms with E-state index in [0.29, 0.717) is 6.42 Å². The standard InChI is InChI=1S/C18H25ClN2O2/c1-3-14-9-5-8-12-17(14)21(18(22)16(19)4-2)13-23-20-15-10-6-7-11-15/h5,8-9,12,16H,3-4,6-7,10-11,13H2,1-2H3. The Bertz CT molecular complexity index is 552. The Kier molecular flexibility index (Phi) is 6.90. The number of rotatable bonds is 7. The van der Waals surface area contributed by atoms with Gasteiger partial charge in [0.15, 0.2) is 6.73 Å². The Hall–Kier alpha value is -1.55. The fraction of sp³-hybridized carbons (Fsp3) is 0.556. The van der Waals surface area contributed by atoms with Gasteiger partial charge in [-0.3, -0.25) is 9.69 Å². The summed E-state index contributed by atoms with van der Waals surface area (Å²) in [5.41, 5.74) is 3.03. The maximum atomic E-state index is 12.6. The average molecular weight is 337 g/mol. The molecule has 1 aromatic rings. The molecule has 1 atom stereocenters. The van der Waals surface area contributed by atoms with E-state index in [1.165, 1.54) is 12.8 Å². The molecule has 0 saturated heterocycles. The molecule has 0 heterocycles. The summed E-state index contributed by atoms with van der Waals surface area (Å²) in [6.45, 7) is 4.07. The molecule has 1 aliphatic carbocycles. The highest BCUT2D eigenvalue weighted by Crippen LogP contribution is 2.23. The lowest BCUT2D eigenvalue weighted by molar-refractivity contribution is -0.119. The fourth-order valence-corrected chi connectivity index (χ4v) is 2.84. The van der Waals surface area contributed by atoms with Crippen LogP contribution in [0.1, 0.15) is 51.5 Å². The predicted molar refractivity (Wildman–Crippen MR) is 95.1 cm³/mol. The first-order valence-electron chi connectivity index (χ1n) is 8.38. The molecular formula is C18H25ClN2O2. The van der Waals surface area contributed by atoms with Crippen LogP contribution in [0.15, 0.2) is 29.4 Å². The summed E-state index contributed by atoms with van der Waals surface area (Å²) in [6.07, 6.45) is 5.75. The van der Waals surface area contributed by atoms with Gasteiger partial charge >= 0.3 is 0 Å². The van der Waals surface area contributed by atoms with Crippen molar-refractivity contribution in [3.63, 3.8) is 0 Å². The van der Waals surface area contributed by atoms with Gasteiger partial charge in [0.25, 0.3) is 0 Å². The number of hydrogen-bond acceptors (Lipinski definition) is 3. The zero-order valence-corrected chi connectivity index (χ0v) is 14.7. The van der Waals surface area contributed by atoms with Crippen LogP contribution in [0.2, 0.25) is 0 Å². The van der Waals surface area contributed by atoms with Crippen LogP contribution in [0.4, 0.5) is 5.69 Å². The molecular weight excluding hydrogens is 312 g/mol. The first-order chi connectivity index (χ1) is 11.2. The summed E-state index contributed by atoms with van der Waals surface area (Å²) in [5, 5.41) is 3.64. The molecule has 1 aliphatic rings. The molecule has 0 aromatic heterocycles. The number of halogens is 1. The van der Waals surface area contributed by atoms with Gasteiger partial charge < -0.3 is 4.84 Å². The lowest BCUT2D eigenvalue weighted by atomic mass is 10.1. The lowest BCUT2D eigenvalue weighted by Gasteiger charge is -2.25. The Morgan fingerprint density at radius 2 is 2.00 bits per heavy atom. The van der Waals surface area contributed by atoms with Crippen molar-refractivity contribution in [2.75, 3.05) is 11.6 Å². The maximum absolute atomic E-state index is 12.6. The molecule has 2 rings (SSSR count). The number of anilines is 1. The van der Waals surface area contributed by atoms with E-state index in [9.17, 15) is 4.79 Å². The average Bonchev–Trinajstić information content (AvgIpc) is 3.11. The summed E-state index contributed by atoms with van der Waals surface area (Å²) in [5.74, 6) is -0.137. The number of carbonyl (C=O) groups excluding carboxylic acids is 1. The minimum absolute atomic E-state index is 0.0998. The summed E-state index contributed by atoms with van der Waals surface area (Å²) in [7, 11) is 0. The number of carbonyl (C=O) groups is 1. The molecule has 1 amide bonds. The molecule has 23 heavy (non-hydrogen) atoms. The molecule has 126 valence electrons. The van der Waals surface area contributed by atoms with Gasteiger partial charge in [-0.05, 0) is 50.2 Å². The van der Waals surface area contributed by atoms with Crippen LogP contribution in [0.5, 0.6) is 0 Å². The number of amides is 1. The van der Waals surface area contributed by atoms with Gasteiger partial charge in [0.05, 0.1) is 11.4 Å². The zero-order chi connectivity index (χ0) is 16.7. The highest BCUT2D eigenvalue weighted by molar-refractivity contribution is 6.32. The molecule has 4 nitrogen and oxygen atoms in total. The first kappa shape index (κ1) is 17.8. The van der Waals surface area contributed by atoms with Crippen LogP contribution in [-0.4, -0.2) is 23.7 Å². The smallest absolute Gasteiger partial charge is 0.247 e. The predicted octanol–water partition coefficient (Wildman–Crippen LogP) is 4.50. The van der Waals surface area contributed by atoms with Crippen LogP contribution < -0.4 is 4.90 Å². The number of hydrogen-bond donors (Lipinski definition) is 0. The quantitative estimate of drug-likeness (QED) is 0.418.